The second-order valence-electron chi connectivity index (χ2n) is 11.3. The molecule has 1 aliphatic heterocycles. The Bertz CT molecular complexity index is 1360. The number of Topliss-reactive ketones (excluding diaryl/α,β-unsaturated/α-hetero) is 1. The van der Waals surface area contributed by atoms with E-state index in [-0.39, 0.29) is 19.9 Å². The third-order valence-electron chi connectivity index (χ3n) is 7.84. The van der Waals surface area contributed by atoms with Gasteiger partial charge in [-0.2, -0.15) is 0 Å². The van der Waals surface area contributed by atoms with Crippen molar-refractivity contribution in [2.24, 2.45) is 0 Å². The summed E-state index contributed by atoms with van der Waals surface area (Å²) >= 11 is 0. The lowest BCUT2D eigenvalue weighted by atomic mass is 9.85. The quantitative estimate of drug-likeness (QED) is 0.310. The highest BCUT2D eigenvalue weighted by atomic mass is 16.7. The van der Waals surface area contributed by atoms with E-state index in [0.29, 0.717) is 24.4 Å². The molecule has 0 bridgehead atoms. The molecular formula is C33H40N2O4. The molecule has 0 radical (unpaired) electrons. The first-order valence-corrected chi connectivity index (χ1v) is 13.9. The summed E-state index contributed by atoms with van der Waals surface area (Å²) in [7, 11) is 4.06. The van der Waals surface area contributed by atoms with E-state index in [4.69, 9.17) is 9.47 Å². The molecule has 6 nitrogen and oxygen atoms in total. The van der Waals surface area contributed by atoms with Gasteiger partial charge in [0.05, 0.1) is 5.41 Å². The second kappa shape index (κ2) is 11.2. The van der Waals surface area contributed by atoms with E-state index in [2.05, 4.69) is 42.3 Å². The molecular weight excluding hydrogens is 488 g/mol. The van der Waals surface area contributed by atoms with Crippen LogP contribution in [0.4, 0.5) is 0 Å². The lowest BCUT2D eigenvalue weighted by Crippen LogP contribution is -2.27. The van der Waals surface area contributed by atoms with Gasteiger partial charge in [0.1, 0.15) is 5.78 Å². The average Bonchev–Trinajstić information content (AvgIpc) is 3.61. The molecule has 1 amide bonds. The maximum Gasteiger partial charge on any atom is 0.251 e. The van der Waals surface area contributed by atoms with E-state index >= 15 is 0 Å². The van der Waals surface area contributed by atoms with Crippen molar-refractivity contribution < 1.29 is 20.5 Å². The molecule has 3 aromatic rings. The fourth-order valence-electron chi connectivity index (χ4n) is 5.37. The monoisotopic (exact) mass is 528 g/mol. The summed E-state index contributed by atoms with van der Waals surface area (Å²) in [5, 5.41) is 3.00. The number of rotatable bonds is 11. The molecule has 0 spiro atoms. The zero-order valence-corrected chi connectivity index (χ0v) is 23.4. The lowest BCUT2D eigenvalue weighted by Gasteiger charge is -2.18. The van der Waals surface area contributed by atoms with Crippen LogP contribution in [0.5, 0.6) is 11.5 Å². The highest BCUT2D eigenvalue weighted by Gasteiger charge is 2.50. The number of carbonyl (C=O) groups excluding carboxylic acids is 2. The number of ketones is 1. The molecule has 6 heteroatoms. The van der Waals surface area contributed by atoms with Crippen LogP contribution >= 0.6 is 0 Å². The van der Waals surface area contributed by atoms with Gasteiger partial charge in [0.25, 0.3) is 5.91 Å². The van der Waals surface area contributed by atoms with Gasteiger partial charge in [0.2, 0.25) is 6.79 Å². The van der Waals surface area contributed by atoms with Crippen molar-refractivity contribution in [3.8, 4) is 22.6 Å². The summed E-state index contributed by atoms with van der Waals surface area (Å²) in [5.41, 5.74) is 5.64. The van der Waals surface area contributed by atoms with Crippen LogP contribution in [0, 0.1) is 0 Å². The first-order valence-electron chi connectivity index (χ1n) is 13.9. The standard InChI is InChI=1S/C33H38N2O4.H2/c1-22(2)27-12-6-23(19-31(36)33(14-15-33)26-11-13-29-30(20-26)39-21-38-29)18-28(27)24-7-9-25(10-8-24)32(37)34-16-5-17-35(3)4;/h6-13,18,20,22H,5,14-17,19,21H2,1-4H3,(H,34,37);1H. The zero-order chi connectivity index (χ0) is 27.6. The molecule has 0 unspecified atom stereocenters. The molecule has 206 valence electrons. The third kappa shape index (κ3) is 5.86. The maximum absolute atomic E-state index is 13.6. The Morgan fingerprint density at radius 1 is 0.974 bits per heavy atom. The van der Waals surface area contributed by atoms with Gasteiger partial charge < -0.3 is 19.7 Å². The SMILES string of the molecule is CC(C)c1ccc(CC(=O)C2(c3ccc4c(c3)OCO4)CC2)cc1-c1ccc(C(=O)NCCCN(C)C)cc1.[HH]. The topological polar surface area (TPSA) is 67.9 Å². The summed E-state index contributed by atoms with van der Waals surface area (Å²) < 4.78 is 11.0. The van der Waals surface area contributed by atoms with E-state index in [0.717, 1.165) is 59.6 Å². The summed E-state index contributed by atoms with van der Waals surface area (Å²) in [4.78, 5) is 28.3. The Labute approximate surface area is 232 Å². The smallest absolute Gasteiger partial charge is 0.251 e. The molecule has 0 saturated heterocycles. The number of fused-ring (bicyclic) bond motifs is 1. The zero-order valence-electron chi connectivity index (χ0n) is 23.4. The first-order chi connectivity index (χ1) is 18.8. The summed E-state index contributed by atoms with van der Waals surface area (Å²) in [5.74, 6) is 1.98. The third-order valence-corrected chi connectivity index (χ3v) is 7.84. The molecule has 1 N–H and O–H groups in total. The van der Waals surface area contributed by atoms with Crippen molar-refractivity contribution >= 4 is 11.7 Å². The van der Waals surface area contributed by atoms with Crippen molar-refractivity contribution in [2.75, 3.05) is 34.0 Å². The maximum atomic E-state index is 13.6. The molecule has 3 aromatic carbocycles. The van der Waals surface area contributed by atoms with E-state index in [9.17, 15) is 9.59 Å². The number of nitrogens with zero attached hydrogens (tertiary/aromatic N) is 1. The van der Waals surface area contributed by atoms with Crippen LogP contribution in [0.3, 0.4) is 0 Å². The van der Waals surface area contributed by atoms with Crippen molar-refractivity contribution in [3.63, 3.8) is 0 Å². The molecule has 0 atom stereocenters. The highest BCUT2D eigenvalue weighted by molar-refractivity contribution is 5.96. The second-order valence-corrected chi connectivity index (χ2v) is 11.3. The minimum atomic E-state index is -0.431. The number of amides is 1. The van der Waals surface area contributed by atoms with Gasteiger partial charge in [-0.05, 0) is 97.9 Å². The minimum Gasteiger partial charge on any atom is -0.454 e. The van der Waals surface area contributed by atoms with Crippen molar-refractivity contribution in [1.29, 1.82) is 0 Å². The Morgan fingerprint density at radius 2 is 1.72 bits per heavy atom. The van der Waals surface area contributed by atoms with Crippen LogP contribution in [-0.4, -0.2) is 50.6 Å². The predicted molar refractivity (Wildman–Crippen MR) is 156 cm³/mol. The molecule has 1 saturated carbocycles. The number of ether oxygens (including phenoxy) is 2. The van der Waals surface area contributed by atoms with Gasteiger partial charge >= 0.3 is 0 Å². The van der Waals surface area contributed by atoms with Gasteiger partial charge in [-0.15, -0.1) is 0 Å². The van der Waals surface area contributed by atoms with Crippen LogP contribution in [0.1, 0.15) is 67.5 Å². The van der Waals surface area contributed by atoms with E-state index in [1.807, 2.05) is 56.6 Å². The van der Waals surface area contributed by atoms with Gasteiger partial charge in [-0.3, -0.25) is 9.59 Å². The Balaban J connectivity index is 0.00000370. The van der Waals surface area contributed by atoms with Crippen molar-refractivity contribution in [2.45, 2.75) is 50.9 Å². The minimum absolute atomic E-state index is 0. The fraction of sp³-hybridized carbons (Fsp3) is 0.394. The van der Waals surface area contributed by atoms with Crippen molar-refractivity contribution in [1.82, 2.24) is 10.2 Å². The molecule has 0 aromatic heterocycles. The molecule has 5 rings (SSSR count). The van der Waals surface area contributed by atoms with Crippen LogP contribution in [0.2, 0.25) is 0 Å². The average molecular weight is 529 g/mol. The van der Waals surface area contributed by atoms with Crippen LogP contribution in [-0.2, 0) is 16.6 Å². The first kappa shape index (κ1) is 26.9. The Morgan fingerprint density at radius 3 is 2.41 bits per heavy atom. The number of hydrogen-bond donors (Lipinski definition) is 1. The van der Waals surface area contributed by atoms with E-state index in [1.165, 1.54) is 5.56 Å². The summed E-state index contributed by atoms with van der Waals surface area (Å²) in [6.45, 7) is 6.18. The van der Waals surface area contributed by atoms with Gasteiger partial charge in [-0.25, -0.2) is 0 Å². The number of nitrogens with one attached hydrogen (secondary N) is 1. The normalized spacial score (nSPS) is 15.0. The lowest BCUT2D eigenvalue weighted by molar-refractivity contribution is -0.120. The number of hydrogen-bond acceptors (Lipinski definition) is 5. The van der Waals surface area contributed by atoms with Crippen LogP contribution in [0.25, 0.3) is 11.1 Å². The Hall–Kier alpha value is -3.64. The van der Waals surface area contributed by atoms with E-state index < -0.39 is 5.41 Å². The van der Waals surface area contributed by atoms with Crippen molar-refractivity contribution in [3.05, 3.63) is 82.9 Å². The van der Waals surface area contributed by atoms with Gasteiger partial charge in [-0.1, -0.05) is 50.2 Å². The summed E-state index contributed by atoms with van der Waals surface area (Å²) in [6, 6.07) is 20.1. The van der Waals surface area contributed by atoms with Crippen LogP contribution < -0.4 is 14.8 Å². The van der Waals surface area contributed by atoms with Gasteiger partial charge in [0, 0.05) is 20.0 Å². The molecule has 1 aliphatic carbocycles. The van der Waals surface area contributed by atoms with E-state index in [1.54, 1.807) is 0 Å². The molecule has 1 fully saturated rings. The highest BCUT2D eigenvalue weighted by Crippen LogP contribution is 2.51. The fourth-order valence-corrected chi connectivity index (χ4v) is 5.37. The summed E-state index contributed by atoms with van der Waals surface area (Å²) in [6.07, 6.45) is 3.02. The number of benzene rings is 3. The molecule has 2 aliphatic rings. The molecule has 39 heavy (non-hydrogen) atoms. The van der Waals surface area contributed by atoms with Crippen LogP contribution in [0.15, 0.2) is 60.7 Å². The largest absolute Gasteiger partial charge is 0.454 e. The molecule has 1 heterocycles. The predicted octanol–water partition coefficient (Wildman–Crippen LogP) is 5.98. The Kier molecular flexibility index (Phi) is 7.76. The number of carbonyl (C=O) groups is 2. The van der Waals surface area contributed by atoms with Gasteiger partial charge in [0.15, 0.2) is 11.5 Å².